The lowest BCUT2D eigenvalue weighted by Gasteiger charge is -2.06. The Morgan fingerprint density at radius 1 is 1.17 bits per heavy atom. The number of benzene rings is 1. The topological polar surface area (TPSA) is 52.1 Å². The number of thiazole rings is 1. The second-order valence-electron chi connectivity index (χ2n) is 4.58. The van der Waals surface area contributed by atoms with Gasteiger partial charge in [-0.1, -0.05) is 12.1 Å². The fraction of sp³-hybridized carbons (Fsp3) is 0.133. The van der Waals surface area contributed by atoms with E-state index in [2.05, 4.69) is 9.97 Å². The Bertz CT molecular complexity index is 811. The minimum atomic E-state index is -4.54. The van der Waals surface area contributed by atoms with Gasteiger partial charge >= 0.3 is 12.1 Å². The van der Waals surface area contributed by atoms with Crippen molar-refractivity contribution in [1.29, 1.82) is 0 Å². The third-order valence-corrected chi connectivity index (χ3v) is 3.96. The molecule has 0 spiro atoms. The lowest BCUT2D eigenvalue weighted by Crippen LogP contribution is -2.10. The number of hydrogen-bond donors (Lipinski definition) is 0. The second-order valence-corrected chi connectivity index (χ2v) is 5.70. The molecule has 0 saturated carbocycles. The molecule has 23 heavy (non-hydrogen) atoms. The number of nitrogens with zero attached hydrogens (tertiary/aromatic N) is 2. The minimum absolute atomic E-state index is 0.0425. The highest BCUT2D eigenvalue weighted by Gasteiger charge is 2.32. The van der Waals surface area contributed by atoms with Crippen molar-refractivity contribution >= 4 is 27.5 Å². The van der Waals surface area contributed by atoms with Crippen molar-refractivity contribution < 1.29 is 22.7 Å². The fourth-order valence-corrected chi connectivity index (χ4v) is 2.76. The van der Waals surface area contributed by atoms with Gasteiger partial charge in [0.25, 0.3) is 0 Å². The molecule has 0 aliphatic rings. The molecule has 0 aliphatic heterocycles. The van der Waals surface area contributed by atoms with Gasteiger partial charge in [0.15, 0.2) is 0 Å². The van der Waals surface area contributed by atoms with Crippen molar-refractivity contribution in [2.24, 2.45) is 0 Å². The summed E-state index contributed by atoms with van der Waals surface area (Å²) in [6.07, 6.45) is -3.69. The minimum Gasteiger partial charge on any atom is -0.455 e. The predicted octanol–water partition coefficient (Wildman–Crippen LogP) is 4.07. The van der Waals surface area contributed by atoms with Crippen LogP contribution >= 0.6 is 11.3 Å². The maximum atomic E-state index is 12.4. The number of ether oxygens (including phenoxy) is 1. The summed E-state index contributed by atoms with van der Waals surface area (Å²) >= 11 is 1.39. The molecule has 0 atom stereocenters. The molecule has 0 saturated heterocycles. The smallest absolute Gasteiger partial charge is 0.433 e. The number of carbonyl (C=O) groups excluding carboxylic acids is 1. The molecule has 2 heterocycles. The van der Waals surface area contributed by atoms with Gasteiger partial charge in [0.1, 0.15) is 17.3 Å². The molecule has 3 rings (SSSR count). The summed E-state index contributed by atoms with van der Waals surface area (Å²) in [5.41, 5.74) is -0.293. The number of para-hydroxylation sites is 1. The van der Waals surface area contributed by atoms with Gasteiger partial charge in [0.2, 0.25) is 0 Å². The molecule has 0 bridgehead atoms. The van der Waals surface area contributed by atoms with Crippen molar-refractivity contribution in [3.8, 4) is 0 Å². The van der Waals surface area contributed by atoms with E-state index >= 15 is 0 Å². The van der Waals surface area contributed by atoms with Crippen LogP contribution in [0.25, 0.3) is 10.2 Å². The fourth-order valence-electron chi connectivity index (χ4n) is 1.87. The van der Waals surface area contributed by atoms with Gasteiger partial charge in [0, 0.05) is 6.20 Å². The maximum Gasteiger partial charge on any atom is 0.433 e. The van der Waals surface area contributed by atoms with Crippen LogP contribution < -0.4 is 0 Å². The molecular weight excluding hydrogens is 329 g/mol. The second kappa shape index (κ2) is 5.96. The van der Waals surface area contributed by atoms with Crippen LogP contribution in [0, 0.1) is 0 Å². The Morgan fingerprint density at radius 3 is 2.61 bits per heavy atom. The third-order valence-electron chi connectivity index (χ3n) is 2.95. The summed E-state index contributed by atoms with van der Waals surface area (Å²) in [4.78, 5) is 19.4. The predicted molar refractivity (Wildman–Crippen MR) is 78.0 cm³/mol. The first kappa shape index (κ1) is 15.4. The van der Waals surface area contributed by atoms with E-state index in [0.29, 0.717) is 5.01 Å². The van der Waals surface area contributed by atoms with Gasteiger partial charge in [-0.15, -0.1) is 11.3 Å². The van der Waals surface area contributed by atoms with Crippen LogP contribution in [-0.4, -0.2) is 15.9 Å². The van der Waals surface area contributed by atoms with Crippen molar-refractivity contribution in [3.63, 3.8) is 0 Å². The van der Waals surface area contributed by atoms with E-state index in [1.54, 1.807) is 0 Å². The monoisotopic (exact) mass is 338 g/mol. The van der Waals surface area contributed by atoms with E-state index < -0.39 is 17.8 Å². The van der Waals surface area contributed by atoms with E-state index in [1.165, 1.54) is 11.3 Å². The lowest BCUT2D eigenvalue weighted by atomic mass is 10.2. The number of alkyl halides is 3. The first-order valence-electron chi connectivity index (χ1n) is 6.48. The van der Waals surface area contributed by atoms with Gasteiger partial charge < -0.3 is 4.74 Å². The van der Waals surface area contributed by atoms with E-state index in [0.717, 1.165) is 28.5 Å². The van der Waals surface area contributed by atoms with E-state index in [-0.39, 0.29) is 12.2 Å². The Labute approximate surface area is 132 Å². The molecule has 0 radical (unpaired) electrons. The number of pyridine rings is 1. The molecule has 8 heteroatoms. The van der Waals surface area contributed by atoms with Crippen molar-refractivity contribution in [1.82, 2.24) is 9.97 Å². The standard InChI is InChI=1S/C15H9F3N2O2S/c16-15(17,18)12-6-5-9(7-19-12)14(21)22-8-13-20-10-3-1-2-4-11(10)23-13/h1-7H,8H2. The third kappa shape index (κ3) is 3.48. The van der Waals surface area contributed by atoms with Crippen molar-refractivity contribution in [2.75, 3.05) is 0 Å². The molecule has 118 valence electrons. The van der Waals surface area contributed by atoms with Gasteiger partial charge in [0.05, 0.1) is 15.8 Å². The molecule has 0 amide bonds. The number of hydrogen-bond acceptors (Lipinski definition) is 5. The van der Waals surface area contributed by atoms with Gasteiger partial charge in [-0.25, -0.2) is 9.78 Å². The van der Waals surface area contributed by atoms with Crippen LogP contribution in [0.1, 0.15) is 21.1 Å². The van der Waals surface area contributed by atoms with Gasteiger partial charge in [-0.3, -0.25) is 4.98 Å². The molecule has 0 N–H and O–H groups in total. The number of halogens is 3. The first-order valence-corrected chi connectivity index (χ1v) is 7.30. The molecular formula is C15H9F3N2O2S. The Morgan fingerprint density at radius 2 is 1.96 bits per heavy atom. The zero-order valence-corrected chi connectivity index (χ0v) is 12.3. The van der Waals surface area contributed by atoms with Crippen molar-refractivity contribution in [3.05, 3.63) is 58.9 Å². The van der Waals surface area contributed by atoms with E-state index in [1.807, 2.05) is 24.3 Å². The van der Waals surface area contributed by atoms with Crippen LogP contribution in [-0.2, 0) is 17.5 Å². The van der Waals surface area contributed by atoms with Crippen LogP contribution in [0.3, 0.4) is 0 Å². The SMILES string of the molecule is O=C(OCc1nc2ccccc2s1)c1ccc(C(F)(F)F)nc1. The molecule has 0 fully saturated rings. The number of rotatable bonds is 3. The van der Waals surface area contributed by atoms with Crippen LogP contribution in [0.5, 0.6) is 0 Å². The summed E-state index contributed by atoms with van der Waals surface area (Å²) in [5, 5.41) is 0.611. The summed E-state index contributed by atoms with van der Waals surface area (Å²) in [7, 11) is 0. The number of esters is 1. The molecule has 0 unspecified atom stereocenters. The van der Waals surface area contributed by atoms with E-state index in [4.69, 9.17) is 4.74 Å². The molecule has 4 nitrogen and oxygen atoms in total. The summed E-state index contributed by atoms with van der Waals surface area (Å²) < 4.78 is 43.2. The van der Waals surface area contributed by atoms with Crippen LogP contribution in [0.4, 0.5) is 13.2 Å². The molecule has 1 aromatic carbocycles. The van der Waals surface area contributed by atoms with Crippen LogP contribution in [0.15, 0.2) is 42.6 Å². The summed E-state index contributed by atoms with van der Waals surface area (Å²) in [6, 6.07) is 9.26. The zero-order valence-electron chi connectivity index (χ0n) is 11.5. The van der Waals surface area contributed by atoms with Crippen molar-refractivity contribution in [2.45, 2.75) is 12.8 Å². The van der Waals surface area contributed by atoms with E-state index in [9.17, 15) is 18.0 Å². The first-order chi connectivity index (χ1) is 10.9. The quantitative estimate of drug-likeness (QED) is 0.676. The van der Waals surface area contributed by atoms with Gasteiger partial charge in [-0.05, 0) is 24.3 Å². The normalized spacial score (nSPS) is 11.6. The number of fused-ring (bicyclic) bond motifs is 1. The molecule has 0 aliphatic carbocycles. The maximum absolute atomic E-state index is 12.4. The number of aromatic nitrogens is 2. The van der Waals surface area contributed by atoms with Gasteiger partial charge in [-0.2, -0.15) is 13.2 Å². The zero-order chi connectivity index (χ0) is 16.4. The highest BCUT2D eigenvalue weighted by Crippen LogP contribution is 2.27. The largest absolute Gasteiger partial charge is 0.455 e. The van der Waals surface area contributed by atoms with Crippen LogP contribution in [0.2, 0.25) is 0 Å². The highest BCUT2D eigenvalue weighted by molar-refractivity contribution is 7.18. The number of carbonyl (C=O) groups is 1. The average molecular weight is 338 g/mol. The average Bonchev–Trinajstić information content (AvgIpc) is 2.95. The Hall–Kier alpha value is -2.48. The summed E-state index contributed by atoms with van der Waals surface area (Å²) in [5.74, 6) is -0.745. The molecule has 2 aromatic heterocycles. The Balaban J connectivity index is 1.67. The highest BCUT2D eigenvalue weighted by atomic mass is 32.1. The lowest BCUT2D eigenvalue weighted by molar-refractivity contribution is -0.141. The summed E-state index contributed by atoms with van der Waals surface area (Å²) in [6.45, 7) is -0.0425. The molecule has 3 aromatic rings. The Kier molecular flexibility index (Phi) is 3.99.